The third-order valence-corrected chi connectivity index (χ3v) is 12.4. The van der Waals surface area contributed by atoms with E-state index >= 15 is 0 Å². The summed E-state index contributed by atoms with van der Waals surface area (Å²) in [4.78, 5) is 0. The van der Waals surface area contributed by atoms with Crippen LogP contribution in [0.15, 0.2) is 188 Å². The maximum Gasteiger partial charge on any atom is 0.169 e. The molecule has 0 saturated heterocycles. The maximum atomic E-state index is 4.95. The SMILES string of the molecule is c1ccc(-c2nnc(-c3cccc4c3c3ccccc3n4-c3ccccc3-n3c4ccccc4c4c5sc6ccccc6c5ccc43)n2-c2ccccc2)cc1. The van der Waals surface area contributed by atoms with Crippen molar-refractivity contribution in [2.45, 2.75) is 0 Å². The van der Waals surface area contributed by atoms with Gasteiger partial charge in [-0.25, -0.2) is 0 Å². The van der Waals surface area contributed by atoms with Gasteiger partial charge in [0.1, 0.15) is 0 Å². The first kappa shape index (κ1) is 31.1. The number of thiophene rings is 1. The third kappa shape index (κ3) is 4.42. The fourth-order valence-electron chi connectivity index (χ4n) is 8.86. The van der Waals surface area contributed by atoms with Crippen LogP contribution >= 0.6 is 11.3 Å². The number of rotatable bonds is 5. The molecule has 8 aromatic carbocycles. The Hall–Kier alpha value is -7.28. The van der Waals surface area contributed by atoms with Gasteiger partial charge in [0.15, 0.2) is 11.6 Å². The first-order valence-corrected chi connectivity index (χ1v) is 19.7. The van der Waals surface area contributed by atoms with Crippen LogP contribution < -0.4 is 0 Å². The van der Waals surface area contributed by atoms with Crippen molar-refractivity contribution in [2.75, 3.05) is 0 Å². The third-order valence-electron chi connectivity index (χ3n) is 11.2. The van der Waals surface area contributed by atoms with Gasteiger partial charge < -0.3 is 9.13 Å². The molecule has 5 nitrogen and oxygen atoms in total. The van der Waals surface area contributed by atoms with Crippen LogP contribution in [-0.2, 0) is 0 Å². The van der Waals surface area contributed by atoms with Crippen LogP contribution in [0.1, 0.15) is 0 Å². The second-order valence-corrected chi connectivity index (χ2v) is 15.3. The van der Waals surface area contributed by atoms with E-state index in [1.807, 2.05) is 35.6 Å². The molecule has 12 rings (SSSR count). The van der Waals surface area contributed by atoms with Crippen molar-refractivity contribution in [1.29, 1.82) is 0 Å². The normalized spacial score (nSPS) is 11.9. The van der Waals surface area contributed by atoms with Crippen molar-refractivity contribution in [3.8, 4) is 39.8 Å². The van der Waals surface area contributed by atoms with E-state index in [9.17, 15) is 0 Å². The molecule has 0 N–H and O–H groups in total. The van der Waals surface area contributed by atoms with E-state index in [0.717, 1.165) is 61.6 Å². The lowest BCUT2D eigenvalue weighted by Crippen LogP contribution is -2.03. The lowest BCUT2D eigenvalue weighted by atomic mass is 10.1. The van der Waals surface area contributed by atoms with E-state index in [1.54, 1.807) is 0 Å². The van der Waals surface area contributed by atoms with Gasteiger partial charge in [-0.2, -0.15) is 0 Å². The number of nitrogens with zero attached hydrogens (tertiary/aromatic N) is 5. The summed E-state index contributed by atoms with van der Waals surface area (Å²) in [5.74, 6) is 1.60. The Labute approximate surface area is 325 Å². The largest absolute Gasteiger partial charge is 0.307 e. The lowest BCUT2D eigenvalue weighted by Gasteiger charge is -2.17. The molecular weight excluding hydrogens is 703 g/mol. The summed E-state index contributed by atoms with van der Waals surface area (Å²) in [6.45, 7) is 0. The van der Waals surface area contributed by atoms with Gasteiger partial charge >= 0.3 is 0 Å². The number of para-hydroxylation sites is 5. The van der Waals surface area contributed by atoms with Crippen LogP contribution in [0.4, 0.5) is 0 Å². The quantitative estimate of drug-likeness (QED) is 0.177. The highest BCUT2D eigenvalue weighted by Crippen LogP contribution is 2.45. The summed E-state index contributed by atoms with van der Waals surface area (Å²) in [5, 5.41) is 17.3. The first-order chi connectivity index (χ1) is 27.8. The molecule has 0 radical (unpaired) electrons. The summed E-state index contributed by atoms with van der Waals surface area (Å²) in [5.41, 5.74) is 9.88. The summed E-state index contributed by atoms with van der Waals surface area (Å²) in [7, 11) is 0. The van der Waals surface area contributed by atoms with Gasteiger partial charge in [-0.05, 0) is 54.6 Å². The van der Waals surface area contributed by atoms with Crippen molar-refractivity contribution in [3.05, 3.63) is 188 Å². The average molecular weight is 734 g/mol. The Kier molecular flexibility index (Phi) is 6.73. The van der Waals surface area contributed by atoms with Gasteiger partial charge in [0.25, 0.3) is 0 Å². The van der Waals surface area contributed by atoms with Crippen LogP contribution in [0, 0.1) is 0 Å². The molecule has 0 amide bonds. The van der Waals surface area contributed by atoms with Crippen LogP contribution in [0.5, 0.6) is 0 Å². The van der Waals surface area contributed by atoms with Gasteiger partial charge in [-0.1, -0.05) is 133 Å². The van der Waals surface area contributed by atoms with Crippen molar-refractivity contribution in [3.63, 3.8) is 0 Å². The van der Waals surface area contributed by atoms with Crippen molar-refractivity contribution in [2.24, 2.45) is 0 Å². The second kappa shape index (κ2) is 12.1. The van der Waals surface area contributed by atoms with Crippen LogP contribution in [0.25, 0.3) is 104 Å². The summed E-state index contributed by atoms with van der Waals surface area (Å²) < 4.78 is 9.73. The number of benzene rings is 8. The molecule has 0 fully saturated rings. The molecule has 0 atom stereocenters. The Bertz CT molecular complexity index is 3480. The molecule has 0 spiro atoms. The molecule has 0 aliphatic heterocycles. The predicted octanol–water partition coefficient (Wildman–Crippen LogP) is 13.2. The van der Waals surface area contributed by atoms with Crippen molar-refractivity contribution >= 4 is 75.1 Å². The highest BCUT2D eigenvalue weighted by molar-refractivity contribution is 7.26. The molecule has 4 heterocycles. The monoisotopic (exact) mass is 733 g/mol. The van der Waals surface area contributed by atoms with E-state index in [4.69, 9.17) is 10.2 Å². The fourth-order valence-corrected chi connectivity index (χ4v) is 10.1. The number of hydrogen-bond donors (Lipinski definition) is 0. The fraction of sp³-hybridized carbons (Fsp3) is 0. The molecule has 6 heteroatoms. The number of aromatic nitrogens is 5. The zero-order valence-electron chi connectivity index (χ0n) is 30.0. The highest BCUT2D eigenvalue weighted by Gasteiger charge is 2.24. The maximum absolute atomic E-state index is 4.95. The first-order valence-electron chi connectivity index (χ1n) is 18.9. The van der Waals surface area contributed by atoms with Gasteiger partial charge in [0, 0.05) is 58.5 Å². The molecule has 12 aromatic rings. The van der Waals surface area contributed by atoms with Crippen LogP contribution in [0.3, 0.4) is 0 Å². The van der Waals surface area contributed by atoms with E-state index in [1.165, 1.54) is 42.0 Å². The van der Waals surface area contributed by atoms with Gasteiger partial charge in [-0.15, -0.1) is 21.5 Å². The lowest BCUT2D eigenvalue weighted by molar-refractivity contribution is 1.07. The van der Waals surface area contributed by atoms with E-state index < -0.39 is 0 Å². The zero-order valence-corrected chi connectivity index (χ0v) is 30.9. The molecule has 0 unspecified atom stereocenters. The van der Waals surface area contributed by atoms with Crippen molar-refractivity contribution in [1.82, 2.24) is 23.9 Å². The summed E-state index contributed by atoms with van der Waals surface area (Å²) >= 11 is 1.89. The highest BCUT2D eigenvalue weighted by atomic mass is 32.1. The minimum Gasteiger partial charge on any atom is -0.307 e. The molecule has 0 aliphatic rings. The Morgan fingerprint density at radius 2 is 0.911 bits per heavy atom. The van der Waals surface area contributed by atoms with Crippen LogP contribution in [-0.4, -0.2) is 23.9 Å². The Balaban J connectivity index is 1.15. The number of fused-ring (bicyclic) bond motifs is 10. The molecule has 0 aliphatic carbocycles. The summed E-state index contributed by atoms with van der Waals surface area (Å²) in [6.07, 6.45) is 0. The Morgan fingerprint density at radius 1 is 0.357 bits per heavy atom. The van der Waals surface area contributed by atoms with E-state index in [0.29, 0.717) is 0 Å². The van der Waals surface area contributed by atoms with Crippen molar-refractivity contribution < 1.29 is 0 Å². The van der Waals surface area contributed by atoms with Gasteiger partial charge in [-0.3, -0.25) is 4.57 Å². The second-order valence-electron chi connectivity index (χ2n) is 14.2. The van der Waals surface area contributed by atoms with Gasteiger partial charge in [0.05, 0.1) is 33.4 Å². The smallest absolute Gasteiger partial charge is 0.169 e. The minimum atomic E-state index is 0.798. The predicted molar refractivity (Wildman–Crippen MR) is 234 cm³/mol. The number of hydrogen-bond acceptors (Lipinski definition) is 3. The van der Waals surface area contributed by atoms with E-state index in [-0.39, 0.29) is 0 Å². The molecule has 56 heavy (non-hydrogen) atoms. The molecule has 0 bridgehead atoms. The molecular formula is C50H31N5S. The van der Waals surface area contributed by atoms with Crippen LogP contribution in [0.2, 0.25) is 0 Å². The van der Waals surface area contributed by atoms with E-state index in [2.05, 4.69) is 177 Å². The standard InChI is InChI=1S/C50H31N5S/c1-3-16-32(17-4-1)49-51-52-50(53(49)33-18-5-2-6-19-33)38-23-15-28-43-46(38)36-21-7-10-24-39(36)54(43)41-26-12-13-27-42(41)55-40-25-11-8-22-37(40)47-44(55)31-30-35-34-20-9-14-29-45(34)56-48(35)47/h1-31H. The molecule has 0 saturated carbocycles. The van der Waals surface area contributed by atoms with Gasteiger partial charge in [0.2, 0.25) is 0 Å². The Morgan fingerprint density at radius 3 is 1.64 bits per heavy atom. The molecule has 4 aromatic heterocycles. The zero-order chi connectivity index (χ0) is 36.7. The molecule has 262 valence electrons. The summed E-state index contributed by atoms with van der Waals surface area (Å²) in [6, 6.07) is 67.1. The minimum absolute atomic E-state index is 0.798. The average Bonchev–Trinajstić information content (AvgIpc) is 4.04. The topological polar surface area (TPSA) is 40.6 Å².